The molecule has 7 heteroatoms. The Bertz CT molecular complexity index is 888. The lowest BCUT2D eigenvalue weighted by molar-refractivity contribution is -0.111. The van der Waals surface area contributed by atoms with Crippen LogP contribution in [0.15, 0.2) is 72.1 Å². The van der Waals surface area contributed by atoms with Gasteiger partial charge >= 0.3 is 0 Å². The number of carbonyl (C=O) groups is 1. The highest BCUT2D eigenvalue weighted by Crippen LogP contribution is 2.20. The number of anilines is 1. The first kappa shape index (κ1) is 19.3. The number of nitrogens with zero attached hydrogens (tertiary/aromatic N) is 2. The molecular formula is C20H23N3O3S. The number of hydrogen-bond acceptors (Lipinski definition) is 4. The molecule has 1 amide bonds. The summed E-state index contributed by atoms with van der Waals surface area (Å²) in [5.74, 6) is -0.333. The summed E-state index contributed by atoms with van der Waals surface area (Å²) in [4.78, 5) is 13.8. The Morgan fingerprint density at radius 2 is 1.63 bits per heavy atom. The lowest BCUT2D eigenvalue weighted by Gasteiger charge is -2.34. The highest BCUT2D eigenvalue weighted by Gasteiger charge is 2.28. The third kappa shape index (κ3) is 4.82. The van der Waals surface area contributed by atoms with Gasteiger partial charge in [0.05, 0.1) is 4.90 Å². The van der Waals surface area contributed by atoms with Gasteiger partial charge in [-0.2, -0.15) is 4.31 Å². The van der Waals surface area contributed by atoms with Crippen LogP contribution in [0, 0.1) is 0 Å². The van der Waals surface area contributed by atoms with E-state index in [1.165, 1.54) is 28.1 Å². The van der Waals surface area contributed by atoms with Crippen LogP contribution < -0.4 is 5.32 Å². The van der Waals surface area contributed by atoms with E-state index in [-0.39, 0.29) is 10.8 Å². The first-order valence-corrected chi connectivity index (χ1v) is 10.2. The predicted octanol–water partition coefficient (Wildman–Crippen LogP) is 2.32. The third-order valence-corrected chi connectivity index (χ3v) is 6.44. The van der Waals surface area contributed by atoms with E-state index in [1.807, 2.05) is 18.2 Å². The number of sulfonamides is 1. The highest BCUT2D eigenvalue weighted by molar-refractivity contribution is 7.89. The number of amides is 1. The number of carbonyl (C=O) groups excluding carboxylic acids is 1. The van der Waals surface area contributed by atoms with Gasteiger partial charge < -0.3 is 5.32 Å². The Hall–Kier alpha value is -2.48. The van der Waals surface area contributed by atoms with Crippen molar-refractivity contribution in [2.75, 3.05) is 31.5 Å². The SMILES string of the molecule is C=CC(=O)Nc1ccc(S(=O)(=O)N2CCN(Cc3ccccc3)CC2)cc1. The molecule has 1 N–H and O–H groups in total. The van der Waals surface area contributed by atoms with Gasteiger partial charge in [0.15, 0.2) is 0 Å². The second kappa shape index (κ2) is 8.47. The van der Waals surface area contributed by atoms with Crippen LogP contribution in [0.1, 0.15) is 5.56 Å². The van der Waals surface area contributed by atoms with Gasteiger partial charge in [0.2, 0.25) is 15.9 Å². The number of hydrogen-bond donors (Lipinski definition) is 1. The molecule has 1 saturated heterocycles. The summed E-state index contributed by atoms with van der Waals surface area (Å²) in [7, 11) is -3.54. The van der Waals surface area contributed by atoms with Gasteiger partial charge in [0.1, 0.15) is 0 Å². The summed E-state index contributed by atoms with van der Waals surface area (Å²) in [6, 6.07) is 16.4. The molecule has 1 heterocycles. The summed E-state index contributed by atoms with van der Waals surface area (Å²) in [5.41, 5.74) is 1.76. The summed E-state index contributed by atoms with van der Waals surface area (Å²) in [5, 5.41) is 2.61. The van der Waals surface area contributed by atoms with Crippen molar-refractivity contribution in [1.29, 1.82) is 0 Å². The zero-order chi connectivity index (χ0) is 19.3. The van der Waals surface area contributed by atoms with Crippen molar-refractivity contribution < 1.29 is 13.2 Å². The van der Waals surface area contributed by atoms with Crippen molar-refractivity contribution in [2.24, 2.45) is 0 Å². The van der Waals surface area contributed by atoms with E-state index in [0.29, 0.717) is 31.9 Å². The van der Waals surface area contributed by atoms with Crippen LogP contribution in [0.25, 0.3) is 0 Å². The maximum atomic E-state index is 12.8. The first-order chi connectivity index (χ1) is 13.0. The molecule has 27 heavy (non-hydrogen) atoms. The van der Waals surface area contributed by atoms with Crippen molar-refractivity contribution in [3.8, 4) is 0 Å². The van der Waals surface area contributed by atoms with Crippen LogP contribution >= 0.6 is 0 Å². The quantitative estimate of drug-likeness (QED) is 0.775. The fourth-order valence-electron chi connectivity index (χ4n) is 3.02. The minimum absolute atomic E-state index is 0.232. The van der Waals surface area contributed by atoms with Gasteiger partial charge in [-0.25, -0.2) is 8.42 Å². The zero-order valence-corrected chi connectivity index (χ0v) is 15.9. The molecule has 0 unspecified atom stereocenters. The van der Waals surface area contributed by atoms with E-state index < -0.39 is 10.0 Å². The predicted molar refractivity (Wildman–Crippen MR) is 106 cm³/mol. The molecule has 0 aliphatic carbocycles. The van der Waals surface area contributed by atoms with E-state index in [2.05, 4.69) is 28.9 Å². The maximum absolute atomic E-state index is 12.8. The molecule has 0 aromatic heterocycles. The fourth-order valence-corrected chi connectivity index (χ4v) is 4.44. The first-order valence-electron chi connectivity index (χ1n) is 8.79. The van der Waals surface area contributed by atoms with E-state index in [1.54, 1.807) is 12.1 Å². The van der Waals surface area contributed by atoms with Gasteiger partial charge in [-0.15, -0.1) is 0 Å². The molecule has 2 aromatic rings. The molecule has 1 aliphatic heterocycles. The largest absolute Gasteiger partial charge is 0.323 e. The van der Waals surface area contributed by atoms with Crippen molar-refractivity contribution in [2.45, 2.75) is 11.4 Å². The molecule has 0 radical (unpaired) electrons. The molecule has 0 saturated carbocycles. The molecule has 142 valence electrons. The topological polar surface area (TPSA) is 69.7 Å². The summed E-state index contributed by atoms with van der Waals surface area (Å²) in [6.07, 6.45) is 1.17. The number of benzene rings is 2. The highest BCUT2D eigenvalue weighted by atomic mass is 32.2. The van der Waals surface area contributed by atoms with Crippen LogP contribution in [0.2, 0.25) is 0 Å². The molecule has 0 atom stereocenters. The summed E-state index contributed by atoms with van der Waals surface area (Å²) < 4.78 is 27.2. The molecule has 3 rings (SSSR count). The Kier molecular flexibility index (Phi) is 6.05. The smallest absolute Gasteiger partial charge is 0.247 e. The average Bonchev–Trinajstić information content (AvgIpc) is 2.69. The lowest BCUT2D eigenvalue weighted by atomic mass is 10.2. The van der Waals surface area contributed by atoms with Crippen molar-refractivity contribution >= 4 is 21.6 Å². The number of rotatable bonds is 6. The lowest BCUT2D eigenvalue weighted by Crippen LogP contribution is -2.48. The van der Waals surface area contributed by atoms with Gasteiger partial charge in [-0.3, -0.25) is 9.69 Å². The number of piperazine rings is 1. The maximum Gasteiger partial charge on any atom is 0.247 e. The molecule has 6 nitrogen and oxygen atoms in total. The Morgan fingerprint density at radius 1 is 1.00 bits per heavy atom. The van der Waals surface area contributed by atoms with E-state index in [4.69, 9.17) is 0 Å². The molecule has 0 spiro atoms. The monoisotopic (exact) mass is 385 g/mol. The molecular weight excluding hydrogens is 362 g/mol. The van der Waals surface area contributed by atoms with Crippen molar-refractivity contribution in [3.05, 3.63) is 72.8 Å². The Balaban J connectivity index is 1.61. The summed E-state index contributed by atoms with van der Waals surface area (Å²) >= 11 is 0. The Labute approximate surface area is 160 Å². The normalized spacial score (nSPS) is 16.0. The van der Waals surface area contributed by atoms with Gasteiger partial charge in [-0.1, -0.05) is 36.9 Å². The van der Waals surface area contributed by atoms with Gasteiger partial charge in [0.25, 0.3) is 0 Å². The standard InChI is InChI=1S/C20H23N3O3S/c1-2-20(24)21-18-8-10-19(11-9-18)27(25,26)23-14-12-22(13-15-23)16-17-6-4-3-5-7-17/h2-11H,1,12-16H2,(H,21,24). The van der Waals surface area contributed by atoms with Crippen LogP contribution in [0.4, 0.5) is 5.69 Å². The van der Waals surface area contributed by atoms with Crippen molar-refractivity contribution in [1.82, 2.24) is 9.21 Å². The van der Waals surface area contributed by atoms with Gasteiger partial charge in [-0.05, 0) is 35.9 Å². The van der Waals surface area contributed by atoms with E-state index in [0.717, 1.165) is 6.54 Å². The van der Waals surface area contributed by atoms with Crippen LogP contribution in [-0.2, 0) is 21.4 Å². The van der Waals surface area contributed by atoms with Gasteiger partial charge in [0, 0.05) is 38.4 Å². The molecule has 0 bridgehead atoms. The van der Waals surface area contributed by atoms with Crippen LogP contribution in [0.5, 0.6) is 0 Å². The minimum atomic E-state index is -3.54. The number of nitrogens with one attached hydrogen (secondary N) is 1. The van der Waals surface area contributed by atoms with E-state index in [9.17, 15) is 13.2 Å². The fraction of sp³-hybridized carbons (Fsp3) is 0.250. The van der Waals surface area contributed by atoms with Crippen LogP contribution in [-0.4, -0.2) is 49.7 Å². The zero-order valence-electron chi connectivity index (χ0n) is 15.0. The minimum Gasteiger partial charge on any atom is -0.323 e. The van der Waals surface area contributed by atoms with Crippen molar-refractivity contribution in [3.63, 3.8) is 0 Å². The third-order valence-electron chi connectivity index (χ3n) is 4.53. The molecule has 2 aromatic carbocycles. The second-order valence-corrected chi connectivity index (χ2v) is 8.32. The van der Waals surface area contributed by atoms with E-state index >= 15 is 0 Å². The van der Waals surface area contributed by atoms with Crippen LogP contribution in [0.3, 0.4) is 0 Å². The second-order valence-electron chi connectivity index (χ2n) is 6.38. The molecule has 1 aliphatic rings. The Morgan fingerprint density at radius 3 is 2.22 bits per heavy atom. The molecule has 1 fully saturated rings. The average molecular weight is 385 g/mol. The summed E-state index contributed by atoms with van der Waals surface area (Å²) in [6.45, 7) is 6.53.